The third-order valence-electron chi connectivity index (χ3n) is 9.56. The molecule has 0 radical (unpaired) electrons. The Labute approximate surface area is 274 Å². The van der Waals surface area contributed by atoms with Gasteiger partial charge in [-0.1, -0.05) is 121 Å². The van der Waals surface area contributed by atoms with E-state index in [1.807, 2.05) is 0 Å². The van der Waals surface area contributed by atoms with Crippen molar-refractivity contribution in [3.8, 4) is 22.3 Å². The van der Waals surface area contributed by atoms with Gasteiger partial charge < -0.3 is 9.47 Å². The van der Waals surface area contributed by atoms with E-state index in [0.29, 0.717) is 0 Å². The van der Waals surface area contributed by atoms with Crippen LogP contribution in [0, 0.1) is 0 Å². The zero-order valence-electron chi connectivity index (χ0n) is 26.1. The monoisotopic (exact) mass is 600 g/mol. The van der Waals surface area contributed by atoms with Crippen molar-refractivity contribution in [2.75, 3.05) is 4.90 Å². The van der Waals surface area contributed by atoms with Gasteiger partial charge in [-0.15, -0.1) is 0 Å². The van der Waals surface area contributed by atoms with Gasteiger partial charge in [-0.25, -0.2) is 0 Å². The molecular weight excluding hydrogens is 569 g/mol. The molecule has 0 aliphatic rings. The molecule has 0 unspecified atom stereocenters. The normalized spacial score (nSPS) is 11.5. The van der Waals surface area contributed by atoms with Crippen molar-refractivity contribution in [3.63, 3.8) is 0 Å². The molecule has 0 aliphatic heterocycles. The van der Waals surface area contributed by atoms with E-state index in [1.165, 1.54) is 65.6 Å². The van der Waals surface area contributed by atoms with Crippen LogP contribution < -0.4 is 4.90 Å². The quantitative estimate of drug-likeness (QED) is 0.191. The lowest BCUT2D eigenvalue weighted by atomic mass is 9.99. The SMILES string of the molecule is Cn1c2cc(-c3ccc(-c4ccc(N(c5ccccc5)c5ccc6ccccc6c5)cc4)cc3)ccc2c2cc3ccccc3cc21. The largest absolute Gasteiger partial charge is 0.344 e. The molecule has 0 atom stereocenters. The lowest BCUT2D eigenvalue weighted by Gasteiger charge is -2.26. The summed E-state index contributed by atoms with van der Waals surface area (Å²) in [5.41, 5.74) is 10.8. The average molecular weight is 601 g/mol. The topological polar surface area (TPSA) is 8.17 Å². The summed E-state index contributed by atoms with van der Waals surface area (Å²) in [7, 11) is 2.18. The molecule has 8 aromatic carbocycles. The molecule has 0 aliphatic carbocycles. The summed E-state index contributed by atoms with van der Waals surface area (Å²) in [4.78, 5) is 2.32. The maximum Gasteiger partial charge on any atom is 0.0495 e. The summed E-state index contributed by atoms with van der Waals surface area (Å²) in [6.07, 6.45) is 0. The molecule has 2 heteroatoms. The number of aryl methyl sites for hydroxylation is 1. The number of hydrogen-bond donors (Lipinski definition) is 0. The van der Waals surface area contributed by atoms with Gasteiger partial charge in [0.15, 0.2) is 0 Å². The number of rotatable bonds is 5. The Bertz CT molecular complexity index is 2560. The van der Waals surface area contributed by atoms with Crippen molar-refractivity contribution in [3.05, 3.63) is 176 Å². The van der Waals surface area contributed by atoms with Crippen LogP contribution in [0.4, 0.5) is 17.1 Å². The average Bonchev–Trinajstić information content (AvgIpc) is 3.41. The number of fused-ring (bicyclic) bond motifs is 5. The van der Waals surface area contributed by atoms with Gasteiger partial charge >= 0.3 is 0 Å². The number of para-hydroxylation sites is 1. The first-order valence-electron chi connectivity index (χ1n) is 16.2. The van der Waals surface area contributed by atoms with Crippen molar-refractivity contribution < 1.29 is 0 Å². The molecule has 9 aromatic rings. The molecule has 0 saturated heterocycles. The minimum atomic E-state index is 1.13. The van der Waals surface area contributed by atoms with Crippen LogP contribution in [-0.4, -0.2) is 4.57 Å². The number of aromatic nitrogens is 1. The number of nitrogens with zero attached hydrogens (tertiary/aromatic N) is 2. The Morgan fingerprint density at radius 2 is 0.830 bits per heavy atom. The van der Waals surface area contributed by atoms with Crippen LogP contribution >= 0.6 is 0 Å². The van der Waals surface area contributed by atoms with Crippen molar-refractivity contribution in [2.24, 2.45) is 7.05 Å². The standard InChI is InChI=1S/C45H32N2/c1-46-44-30-38(22-26-42(44)43-28-36-11-7-8-12-37(36)29-45(43)46)34-17-15-32(16-18-34)33-19-23-40(24-20-33)47(39-13-3-2-4-14-39)41-25-21-31-9-5-6-10-35(31)27-41/h2-30H,1H3. The van der Waals surface area contributed by atoms with E-state index in [-0.39, 0.29) is 0 Å². The molecule has 9 rings (SSSR count). The van der Waals surface area contributed by atoms with Gasteiger partial charge in [-0.3, -0.25) is 0 Å². The highest BCUT2D eigenvalue weighted by molar-refractivity contribution is 6.13. The predicted octanol–water partition coefficient (Wildman–Crippen LogP) is 12.4. The Morgan fingerprint density at radius 3 is 1.53 bits per heavy atom. The fourth-order valence-corrected chi connectivity index (χ4v) is 7.07. The maximum atomic E-state index is 2.33. The minimum Gasteiger partial charge on any atom is -0.344 e. The van der Waals surface area contributed by atoms with Crippen LogP contribution in [0.1, 0.15) is 0 Å². The molecule has 47 heavy (non-hydrogen) atoms. The van der Waals surface area contributed by atoms with E-state index >= 15 is 0 Å². The summed E-state index contributed by atoms with van der Waals surface area (Å²) in [5, 5.41) is 7.63. The van der Waals surface area contributed by atoms with Crippen LogP contribution in [0.15, 0.2) is 176 Å². The van der Waals surface area contributed by atoms with Crippen LogP contribution in [0.25, 0.3) is 65.6 Å². The Balaban J connectivity index is 1.03. The number of benzene rings is 8. The van der Waals surface area contributed by atoms with Crippen LogP contribution in [-0.2, 0) is 7.05 Å². The zero-order chi connectivity index (χ0) is 31.3. The summed E-state index contributed by atoms with van der Waals surface area (Å²) in [6.45, 7) is 0. The highest BCUT2D eigenvalue weighted by Crippen LogP contribution is 2.38. The number of anilines is 3. The second kappa shape index (κ2) is 11.0. The first-order chi connectivity index (χ1) is 23.2. The predicted molar refractivity (Wildman–Crippen MR) is 201 cm³/mol. The molecule has 222 valence electrons. The summed E-state index contributed by atoms with van der Waals surface area (Å²) in [6, 6.07) is 63.8. The van der Waals surface area contributed by atoms with Crippen LogP contribution in [0.3, 0.4) is 0 Å². The van der Waals surface area contributed by atoms with Crippen molar-refractivity contribution in [1.29, 1.82) is 0 Å². The molecule has 1 aromatic heterocycles. The molecule has 0 bridgehead atoms. The molecule has 1 heterocycles. The van der Waals surface area contributed by atoms with Crippen molar-refractivity contribution in [2.45, 2.75) is 0 Å². The molecular formula is C45H32N2. The highest BCUT2D eigenvalue weighted by atomic mass is 15.1. The van der Waals surface area contributed by atoms with Gasteiger partial charge in [0.05, 0.1) is 0 Å². The third-order valence-corrected chi connectivity index (χ3v) is 9.56. The van der Waals surface area contributed by atoms with Gasteiger partial charge in [-0.2, -0.15) is 0 Å². The fourth-order valence-electron chi connectivity index (χ4n) is 7.07. The summed E-state index contributed by atoms with van der Waals surface area (Å²) < 4.78 is 2.33. The second-order valence-electron chi connectivity index (χ2n) is 12.3. The lowest BCUT2D eigenvalue weighted by molar-refractivity contribution is 1.02. The lowest BCUT2D eigenvalue weighted by Crippen LogP contribution is -2.09. The van der Waals surface area contributed by atoms with E-state index in [9.17, 15) is 0 Å². The van der Waals surface area contributed by atoms with Crippen molar-refractivity contribution >= 4 is 60.4 Å². The number of hydrogen-bond acceptors (Lipinski definition) is 1. The minimum absolute atomic E-state index is 1.13. The van der Waals surface area contributed by atoms with Gasteiger partial charge in [-0.05, 0) is 98.4 Å². The Morgan fingerprint density at radius 1 is 0.340 bits per heavy atom. The van der Waals surface area contributed by atoms with Gasteiger partial charge in [0.25, 0.3) is 0 Å². The molecule has 0 spiro atoms. The summed E-state index contributed by atoms with van der Waals surface area (Å²) in [5.74, 6) is 0. The zero-order valence-corrected chi connectivity index (χ0v) is 26.1. The van der Waals surface area contributed by atoms with Gasteiger partial charge in [0.1, 0.15) is 0 Å². The van der Waals surface area contributed by atoms with Gasteiger partial charge in [0.2, 0.25) is 0 Å². The highest BCUT2D eigenvalue weighted by Gasteiger charge is 2.14. The smallest absolute Gasteiger partial charge is 0.0495 e. The fraction of sp³-hybridized carbons (Fsp3) is 0.0222. The van der Waals surface area contributed by atoms with E-state index < -0.39 is 0 Å². The summed E-state index contributed by atoms with van der Waals surface area (Å²) >= 11 is 0. The van der Waals surface area contributed by atoms with E-state index in [0.717, 1.165) is 17.1 Å². The van der Waals surface area contributed by atoms with Gasteiger partial charge in [0, 0.05) is 45.9 Å². The molecule has 0 amide bonds. The second-order valence-corrected chi connectivity index (χ2v) is 12.3. The Kier molecular flexibility index (Phi) is 6.39. The Hall–Kier alpha value is -6.12. The maximum absolute atomic E-state index is 2.33. The molecule has 2 nitrogen and oxygen atoms in total. The van der Waals surface area contributed by atoms with Crippen molar-refractivity contribution in [1.82, 2.24) is 4.57 Å². The van der Waals surface area contributed by atoms with Crippen LogP contribution in [0.5, 0.6) is 0 Å². The van der Waals surface area contributed by atoms with Crippen LogP contribution in [0.2, 0.25) is 0 Å². The first kappa shape index (κ1) is 27.2. The van der Waals surface area contributed by atoms with E-state index in [4.69, 9.17) is 0 Å². The molecule has 0 N–H and O–H groups in total. The van der Waals surface area contributed by atoms with E-state index in [2.05, 4.69) is 192 Å². The van der Waals surface area contributed by atoms with E-state index in [1.54, 1.807) is 0 Å². The third kappa shape index (κ3) is 4.74. The molecule has 0 saturated carbocycles. The molecule has 0 fully saturated rings. The first-order valence-corrected chi connectivity index (χ1v) is 16.2.